The van der Waals surface area contributed by atoms with Gasteiger partial charge in [0.2, 0.25) is 0 Å². The van der Waals surface area contributed by atoms with Crippen LogP contribution in [0.2, 0.25) is 0 Å². The Kier molecular flexibility index (Phi) is 8.19. The Morgan fingerprint density at radius 3 is 1.50 bits per heavy atom. The van der Waals surface area contributed by atoms with E-state index in [1.807, 2.05) is 6.07 Å². The topological polar surface area (TPSA) is 16.4 Å². The Hall–Kier alpha value is -7.68. The van der Waals surface area contributed by atoms with Crippen molar-refractivity contribution in [1.29, 1.82) is 0 Å². The zero-order valence-electron chi connectivity index (χ0n) is 31.7. The number of rotatable bonds is 7. The Bertz CT molecular complexity index is 3270. The monoisotopic (exact) mass is 739 g/mol. The summed E-state index contributed by atoms with van der Waals surface area (Å²) in [5.74, 6) is 0. The molecule has 58 heavy (non-hydrogen) atoms. The molecule has 1 aromatic heterocycles. The summed E-state index contributed by atoms with van der Waals surface area (Å²) in [7, 11) is 0. The van der Waals surface area contributed by atoms with Crippen LogP contribution in [0.15, 0.2) is 229 Å². The Balaban J connectivity index is 1.27. The molecule has 1 heterocycles. The fourth-order valence-electron chi connectivity index (χ4n) is 8.79. The van der Waals surface area contributed by atoms with Crippen LogP contribution in [0.25, 0.3) is 88.0 Å². The van der Waals surface area contributed by atoms with Crippen LogP contribution < -0.4 is 4.90 Å². The maximum Gasteiger partial charge on any atom is 0.135 e. The van der Waals surface area contributed by atoms with Crippen LogP contribution >= 0.6 is 0 Å². The summed E-state index contributed by atoms with van der Waals surface area (Å²) < 4.78 is 6.40. The first-order valence-corrected chi connectivity index (χ1v) is 19.8. The molecule has 2 nitrogen and oxygen atoms in total. The molecule has 0 spiro atoms. The normalized spacial score (nSPS) is 11.4. The molecule has 11 aromatic rings. The maximum absolute atomic E-state index is 6.40. The SMILES string of the molecule is c1ccc(-c2cccc(-c3c(N(c4ccc(-c5ccccc5)c(-c5ccccc5)c4)c4ccc5oc6ccccc6c5c4)c4ccccc4c4ccccc34)c2)cc1. The molecule has 10 aromatic carbocycles. The first kappa shape index (κ1) is 33.6. The summed E-state index contributed by atoms with van der Waals surface area (Å²) in [5.41, 5.74) is 14.4. The van der Waals surface area contributed by atoms with Crippen molar-refractivity contribution in [2.75, 3.05) is 4.90 Å². The number of fused-ring (bicyclic) bond motifs is 6. The molecule has 0 radical (unpaired) electrons. The van der Waals surface area contributed by atoms with Crippen LogP contribution in [-0.2, 0) is 0 Å². The van der Waals surface area contributed by atoms with Gasteiger partial charge < -0.3 is 9.32 Å². The van der Waals surface area contributed by atoms with Crippen LogP contribution in [0.3, 0.4) is 0 Å². The predicted molar refractivity (Wildman–Crippen MR) is 245 cm³/mol. The maximum atomic E-state index is 6.40. The fraction of sp³-hybridized carbons (Fsp3) is 0. The van der Waals surface area contributed by atoms with E-state index in [4.69, 9.17) is 4.42 Å². The molecule has 0 aliphatic rings. The minimum absolute atomic E-state index is 0.869. The van der Waals surface area contributed by atoms with E-state index >= 15 is 0 Å². The minimum atomic E-state index is 0.869. The van der Waals surface area contributed by atoms with E-state index in [2.05, 4.69) is 223 Å². The summed E-state index contributed by atoms with van der Waals surface area (Å²) >= 11 is 0. The average molecular weight is 740 g/mol. The van der Waals surface area contributed by atoms with Crippen LogP contribution in [0.1, 0.15) is 0 Å². The highest BCUT2D eigenvalue weighted by Gasteiger charge is 2.25. The molecule has 0 saturated heterocycles. The van der Waals surface area contributed by atoms with Crippen molar-refractivity contribution in [1.82, 2.24) is 0 Å². The number of hydrogen-bond acceptors (Lipinski definition) is 2. The van der Waals surface area contributed by atoms with Gasteiger partial charge in [0.15, 0.2) is 0 Å². The molecule has 0 fully saturated rings. The molecule has 0 N–H and O–H groups in total. The van der Waals surface area contributed by atoms with Gasteiger partial charge in [-0.1, -0.05) is 182 Å². The quantitative estimate of drug-likeness (QED) is 0.151. The van der Waals surface area contributed by atoms with Gasteiger partial charge >= 0.3 is 0 Å². The van der Waals surface area contributed by atoms with Crippen LogP contribution in [0.4, 0.5) is 17.1 Å². The zero-order valence-corrected chi connectivity index (χ0v) is 31.7. The second kappa shape index (κ2) is 14.1. The van der Waals surface area contributed by atoms with E-state index in [0.717, 1.165) is 44.6 Å². The third-order valence-electron chi connectivity index (χ3n) is 11.4. The standard InChI is InChI=1S/C56H37NO/c1-4-17-38(18-5-1)41-23-16-24-42(35-41)55-49-28-12-10-25-46(49)47-26-11-13-29-50(47)56(55)57(44-32-34-54-52(37-44)48-27-14-15-30-53(48)58-54)43-31-33-45(39-19-6-2-7-20-39)51(36-43)40-21-8-3-9-22-40/h1-37H. The predicted octanol–water partition coefficient (Wildman–Crippen LogP) is 16.0. The van der Waals surface area contributed by atoms with Gasteiger partial charge in [-0.15, -0.1) is 0 Å². The van der Waals surface area contributed by atoms with E-state index in [0.29, 0.717) is 0 Å². The smallest absolute Gasteiger partial charge is 0.135 e. The summed E-state index contributed by atoms with van der Waals surface area (Å²) in [4.78, 5) is 2.49. The van der Waals surface area contributed by atoms with E-state index in [1.54, 1.807) is 0 Å². The van der Waals surface area contributed by atoms with Crippen molar-refractivity contribution >= 4 is 60.5 Å². The number of anilines is 3. The van der Waals surface area contributed by atoms with Crippen molar-refractivity contribution in [3.63, 3.8) is 0 Å². The summed E-state index contributed by atoms with van der Waals surface area (Å²) in [6, 6.07) is 80.9. The number of para-hydroxylation sites is 1. The molecular formula is C56H37NO. The molecule has 11 rings (SSSR count). The molecule has 0 saturated carbocycles. The van der Waals surface area contributed by atoms with Gasteiger partial charge in [0.25, 0.3) is 0 Å². The van der Waals surface area contributed by atoms with Gasteiger partial charge in [-0.3, -0.25) is 0 Å². The zero-order chi connectivity index (χ0) is 38.4. The lowest BCUT2D eigenvalue weighted by Gasteiger charge is -2.31. The lowest BCUT2D eigenvalue weighted by atomic mass is 9.88. The summed E-state index contributed by atoms with van der Waals surface area (Å²) in [6.07, 6.45) is 0. The van der Waals surface area contributed by atoms with E-state index in [9.17, 15) is 0 Å². The van der Waals surface area contributed by atoms with Gasteiger partial charge in [-0.25, -0.2) is 0 Å². The molecule has 0 atom stereocenters. The molecular weight excluding hydrogens is 703 g/mol. The summed E-state index contributed by atoms with van der Waals surface area (Å²) in [6.45, 7) is 0. The average Bonchev–Trinajstić information content (AvgIpc) is 3.68. The van der Waals surface area contributed by atoms with Gasteiger partial charge in [0, 0.05) is 33.1 Å². The fourth-order valence-corrected chi connectivity index (χ4v) is 8.79. The van der Waals surface area contributed by atoms with E-state index in [1.165, 1.54) is 60.5 Å². The third kappa shape index (κ3) is 5.74. The highest BCUT2D eigenvalue weighted by Crippen LogP contribution is 2.51. The first-order chi connectivity index (χ1) is 28.8. The minimum Gasteiger partial charge on any atom is -0.456 e. The van der Waals surface area contributed by atoms with Gasteiger partial charge in [0.1, 0.15) is 11.2 Å². The van der Waals surface area contributed by atoms with Crippen molar-refractivity contribution < 1.29 is 4.42 Å². The lowest BCUT2D eigenvalue weighted by molar-refractivity contribution is 0.669. The van der Waals surface area contributed by atoms with Crippen molar-refractivity contribution in [3.8, 4) is 44.5 Å². The van der Waals surface area contributed by atoms with Crippen LogP contribution in [0.5, 0.6) is 0 Å². The molecule has 0 unspecified atom stereocenters. The van der Waals surface area contributed by atoms with Crippen LogP contribution in [0, 0.1) is 0 Å². The van der Waals surface area contributed by atoms with Crippen LogP contribution in [-0.4, -0.2) is 0 Å². The second-order valence-corrected chi connectivity index (χ2v) is 14.8. The van der Waals surface area contributed by atoms with Crippen molar-refractivity contribution in [2.24, 2.45) is 0 Å². The first-order valence-electron chi connectivity index (χ1n) is 19.8. The molecule has 0 aliphatic heterocycles. The molecule has 0 aliphatic carbocycles. The number of benzene rings is 10. The Morgan fingerprint density at radius 1 is 0.276 bits per heavy atom. The Labute approximate surface area is 337 Å². The van der Waals surface area contributed by atoms with E-state index < -0.39 is 0 Å². The van der Waals surface area contributed by atoms with Gasteiger partial charge in [0.05, 0.1) is 5.69 Å². The summed E-state index contributed by atoms with van der Waals surface area (Å²) in [5, 5.41) is 6.99. The Morgan fingerprint density at radius 2 is 0.776 bits per heavy atom. The highest BCUT2D eigenvalue weighted by molar-refractivity contribution is 6.23. The third-order valence-corrected chi connectivity index (χ3v) is 11.4. The molecule has 2 heteroatoms. The lowest BCUT2D eigenvalue weighted by Crippen LogP contribution is -2.13. The number of furan rings is 1. The van der Waals surface area contributed by atoms with Crippen molar-refractivity contribution in [2.45, 2.75) is 0 Å². The number of hydrogen-bond donors (Lipinski definition) is 0. The van der Waals surface area contributed by atoms with E-state index in [-0.39, 0.29) is 0 Å². The largest absolute Gasteiger partial charge is 0.456 e. The number of nitrogens with zero attached hydrogens (tertiary/aromatic N) is 1. The van der Waals surface area contributed by atoms with Crippen molar-refractivity contribution in [3.05, 3.63) is 224 Å². The second-order valence-electron chi connectivity index (χ2n) is 14.8. The molecule has 0 amide bonds. The highest BCUT2D eigenvalue weighted by atomic mass is 16.3. The van der Waals surface area contributed by atoms with Gasteiger partial charge in [-0.05, 0) is 97.6 Å². The van der Waals surface area contributed by atoms with Gasteiger partial charge in [-0.2, -0.15) is 0 Å². The molecule has 272 valence electrons. The molecule has 0 bridgehead atoms.